The second-order valence-corrected chi connectivity index (χ2v) is 4.53. The summed E-state index contributed by atoms with van der Waals surface area (Å²) in [5.41, 5.74) is 3.23. The van der Waals surface area contributed by atoms with Crippen molar-refractivity contribution in [2.45, 2.75) is 33.4 Å². The van der Waals surface area contributed by atoms with Gasteiger partial charge in [-0.3, -0.25) is 0 Å². The Morgan fingerprint density at radius 3 is 2.88 bits per heavy atom. The van der Waals surface area contributed by atoms with Crippen LogP contribution >= 0.6 is 0 Å². The van der Waals surface area contributed by atoms with Gasteiger partial charge in [0, 0.05) is 12.6 Å². The smallest absolute Gasteiger partial charge is 0.0969 e. The van der Waals surface area contributed by atoms with Crippen LogP contribution < -0.4 is 5.32 Å². The van der Waals surface area contributed by atoms with E-state index in [1.807, 2.05) is 23.0 Å². The number of nitrogens with one attached hydrogen (secondary N) is 1. The molecule has 1 aromatic carbocycles. The number of nitrogens with zero attached hydrogens (tertiary/aromatic N) is 3. The first kappa shape index (κ1) is 11.8. The standard InChI is InChI=1S/C13H18N4/c1-10(2)14-8-12-9-17(16-15-12)13-6-4-5-11(3)7-13/h4-7,9-10,14H,8H2,1-3H3. The van der Waals surface area contributed by atoms with Gasteiger partial charge in [0.2, 0.25) is 0 Å². The van der Waals surface area contributed by atoms with E-state index in [0.717, 1.165) is 17.9 Å². The number of benzene rings is 1. The van der Waals surface area contributed by atoms with Crippen LogP contribution in [0.4, 0.5) is 0 Å². The molecule has 1 aromatic heterocycles. The topological polar surface area (TPSA) is 42.7 Å². The molecule has 90 valence electrons. The first-order valence-corrected chi connectivity index (χ1v) is 5.87. The van der Waals surface area contributed by atoms with Crippen LogP contribution in [0.2, 0.25) is 0 Å². The van der Waals surface area contributed by atoms with E-state index in [-0.39, 0.29) is 0 Å². The SMILES string of the molecule is Cc1cccc(-n2cc(CNC(C)C)nn2)c1. The third-order valence-corrected chi connectivity index (χ3v) is 2.50. The Balaban J connectivity index is 2.12. The minimum absolute atomic E-state index is 0.458. The van der Waals surface area contributed by atoms with E-state index in [1.165, 1.54) is 5.56 Å². The Hall–Kier alpha value is -1.68. The summed E-state index contributed by atoms with van der Waals surface area (Å²) in [5, 5.41) is 11.6. The summed E-state index contributed by atoms with van der Waals surface area (Å²) >= 11 is 0. The van der Waals surface area contributed by atoms with Crippen molar-refractivity contribution in [3.05, 3.63) is 41.7 Å². The van der Waals surface area contributed by atoms with Gasteiger partial charge in [-0.15, -0.1) is 5.10 Å². The number of hydrogen-bond acceptors (Lipinski definition) is 3. The fourth-order valence-electron chi connectivity index (χ4n) is 1.58. The van der Waals surface area contributed by atoms with Crippen molar-refractivity contribution in [1.82, 2.24) is 20.3 Å². The number of aryl methyl sites for hydroxylation is 1. The molecule has 0 bridgehead atoms. The molecule has 0 saturated carbocycles. The number of hydrogen-bond donors (Lipinski definition) is 1. The summed E-state index contributed by atoms with van der Waals surface area (Å²) in [4.78, 5) is 0. The molecule has 4 nitrogen and oxygen atoms in total. The summed E-state index contributed by atoms with van der Waals surface area (Å²) in [6.07, 6.45) is 1.96. The highest BCUT2D eigenvalue weighted by Crippen LogP contribution is 2.09. The molecule has 0 spiro atoms. The van der Waals surface area contributed by atoms with Crippen molar-refractivity contribution in [3.63, 3.8) is 0 Å². The molecule has 0 aliphatic carbocycles. The van der Waals surface area contributed by atoms with E-state index in [9.17, 15) is 0 Å². The molecule has 0 amide bonds. The Morgan fingerprint density at radius 2 is 2.18 bits per heavy atom. The molecule has 0 saturated heterocycles. The number of aromatic nitrogens is 3. The molecular formula is C13H18N4. The third-order valence-electron chi connectivity index (χ3n) is 2.50. The second-order valence-electron chi connectivity index (χ2n) is 4.53. The summed E-state index contributed by atoms with van der Waals surface area (Å²) in [7, 11) is 0. The lowest BCUT2D eigenvalue weighted by atomic mass is 10.2. The molecule has 4 heteroatoms. The first-order chi connectivity index (χ1) is 8.15. The molecular weight excluding hydrogens is 212 g/mol. The monoisotopic (exact) mass is 230 g/mol. The van der Waals surface area contributed by atoms with Crippen LogP contribution in [0.1, 0.15) is 25.1 Å². The highest BCUT2D eigenvalue weighted by molar-refractivity contribution is 5.34. The van der Waals surface area contributed by atoms with E-state index in [2.05, 4.69) is 48.5 Å². The minimum Gasteiger partial charge on any atom is -0.309 e. The minimum atomic E-state index is 0.458. The zero-order valence-electron chi connectivity index (χ0n) is 10.5. The van der Waals surface area contributed by atoms with E-state index in [0.29, 0.717) is 6.04 Å². The molecule has 17 heavy (non-hydrogen) atoms. The van der Waals surface area contributed by atoms with Crippen molar-refractivity contribution < 1.29 is 0 Å². The Bertz CT molecular complexity index is 488. The van der Waals surface area contributed by atoms with Gasteiger partial charge in [-0.1, -0.05) is 31.2 Å². The Labute approximate surface area is 102 Å². The summed E-state index contributed by atoms with van der Waals surface area (Å²) in [6, 6.07) is 8.68. The first-order valence-electron chi connectivity index (χ1n) is 5.87. The van der Waals surface area contributed by atoms with Crippen LogP contribution in [0.25, 0.3) is 5.69 Å². The van der Waals surface area contributed by atoms with Gasteiger partial charge in [0.15, 0.2) is 0 Å². The predicted molar refractivity (Wildman–Crippen MR) is 68.1 cm³/mol. The fourth-order valence-corrected chi connectivity index (χ4v) is 1.58. The highest BCUT2D eigenvalue weighted by atomic mass is 15.4. The molecule has 0 aliphatic heterocycles. The maximum absolute atomic E-state index is 4.14. The van der Waals surface area contributed by atoms with Gasteiger partial charge >= 0.3 is 0 Å². The van der Waals surface area contributed by atoms with E-state index < -0.39 is 0 Å². The van der Waals surface area contributed by atoms with Crippen LogP contribution in [-0.4, -0.2) is 21.0 Å². The van der Waals surface area contributed by atoms with Crippen molar-refractivity contribution in [2.75, 3.05) is 0 Å². The zero-order chi connectivity index (χ0) is 12.3. The maximum Gasteiger partial charge on any atom is 0.0969 e. The van der Waals surface area contributed by atoms with Crippen molar-refractivity contribution in [3.8, 4) is 5.69 Å². The van der Waals surface area contributed by atoms with Gasteiger partial charge in [0.25, 0.3) is 0 Å². The Morgan fingerprint density at radius 1 is 1.35 bits per heavy atom. The average Bonchev–Trinajstić information content (AvgIpc) is 2.75. The molecule has 0 atom stereocenters. The van der Waals surface area contributed by atoms with Crippen LogP contribution in [-0.2, 0) is 6.54 Å². The van der Waals surface area contributed by atoms with Crippen molar-refractivity contribution >= 4 is 0 Å². The van der Waals surface area contributed by atoms with Crippen molar-refractivity contribution in [2.24, 2.45) is 0 Å². The highest BCUT2D eigenvalue weighted by Gasteiger charge is 2.03. The third kappa shape index (κ3) is 3.14. The van der Waals surface area contributed by atoms with Crippen molar-refractivity contribution in [1.29, 1.82) is 0 Å². The van der Waals surface area contributed by atoms with Crippen LogP contribution in [0.5, 0.6) is 0 Å². The quantitative estimate of drug-likeness (QED) is 0.874. The lowest BCUT2D eigenvalue weighted by molar-refractivity contribution is 0.580. The molecule has 0 unspecified atom stereocenters. The maximum atomic E-state index is 4.14. The molecule has 0 radical (unpaired) electrons. The normalized spacial score (nSPS) is 11.1. The molecule has 1 heterocycles. The lowest BCUT2D eigenvalue weighted by Crippen LogP contribution is -2.21. The van der Waals surface area contributed by atoms with E-state index >= 15 is 0 Å². The van der Waals surface area contributed by atoms with Gasteiger partial charge in [0.1, 0.15) is 0 Å². The summed E-state index contributed by atoms with van der Waals surface area (Å²) in [5.74, 6) is 0. The average molecular weight is 230 g/mol. The van der Waals surface area contributed by atoms with Gasteiger partial charge in [-0.05, 0) is 24.6 Å². The largest absolute Gasteiger partial charge is 0.309 e. The fraction of sp³-hybridized carbons (Fsp3) is 0.385. The Kier molecular flexibility index (Phi) is 3.54. The van der Waals surface area contributed by atoms with Gasteiger partial charge in [0.05, 0.1) is 17.6 Å². The van der Waals surface area contributed by atoms with Crippen LogP contribution in [0.3, 0.4) is 0 Å². The van der Waals surface area contributed by atoms with E-state index in [1.54, 1.807) is 0 Å². The van der Waals surface area contributed by atoms with E-state index in [4.69, 9.17) is 0 Å². The lowest BCUT2D eigenvalue weighted by Gasteiger charge is -2.04. The molecule has 1 N–H and O–H groups in total. The molecule has 0 aliphatic rings. The van der Waals surface area contributed by atoms with Gasteiger partial charge in [-0.2, -0.15) is 0 Å². The number of rotatable bonds is 4. The second kappa shape index (κ2) is 5.10. The summed E-state index contributed by atoms with van der Waals surface area (Å²) in [6.45, 7) is 7.06. The predicted octanol–water partition coefficient (Wildman–Crippen LogP) is 2.07. The molecule has 0 fully saturated rings. The van der Waals surface area contributed by atoms with Crippen LogP contribution in [0, 0.1) is 6.92 Å². The molecule has 2 rings (SSSR count). The zero-order valence-corrected chi connectivity index (χ0v) is 10.5. The summed E-state index contributed by atoms with van der Waals surface area (Å²) < 4.78 is 1.81. The molecule has 2 aromatic rings. The van der Waals surface area contributed by atoms with Crippen LogP contribution in [0.15, 0.2) is 30.5 Å². The van der Waals surface area contributed by atoms with Gasteiger partial charge < -0.3 is 5.32 Å². The van der Waals surface area contributed by atoms with Gasteiger partial charge in [-0.25, -0.2) is 4.68 Å².